The highest BCUT2D eigenvalue weighted by atomic mass is 19.3. The lowest BCUT2D eigenvalue weighted by Crippen LogP contribution is -2.40. The summed E-state index contributed by atoms with van der Waals surface area (Å²) in [5, 5.41) is 4.16. The third-order valence-electron chi connectivity index (χ3n) is 4.08. The Morgan fingerprint density at radius 2 is 2.32 bits per heavy atom. The molecular weight excluding hydrogens is 252 g/mol. The number of carbonyl (C=O) groups is 1. The first-order valence-corrected chi connectivity index (χ1v) is 6.68. The summed E-state index contributed by atoms with van der Waals surface area (Å²) in [7, 11) is 1.79. The molecular formula is C13H17F2N3O. The molecule has 1 aliphatic carbocycles. The Bertz CT molecular complexity index is 512. The molecule has 1 atom stereocenters. The average Bonchev–Trinajstić information content (AvgIpc) is 2.92. The predicted molar refractivity (Wildman–Crippen MR) is 66.2 cm³/mol. The van der Waals surface area contributed by atoms with E-state index >= 15 is 0 Å². The number of hydrogen-bond donors (Lipinski definition) is 0. The largest absolute Gasteiger partial charge is 0.297 e. The van der Waals surface area contributed by atoms with Crippen molar-refractivity contribution in [3.05, 3.63) is 11.8 Å². The second-order valence-electron chi connectivity index (χ2n) is 5.51. The lowest BCUT2D eigenvalue weighted by atomic mass is 10.0. The van der Waals surface area contributed by atoms with E-state index in [1.54, 1.807) is 22.8 Å². The van der Waals surface area contributed by atoms with Crippen LogP contribution >= 0.6 is 0 Å². The molecule has 0 saturated heterocycles. The molecule has 2 heterocycles. The van der Waals surface area contributed by atoms with Crippen molar-refractivity contribution in [1.82, 2.24) is 9.78 Å². The van der Waals surface area contributed by atoms with Gasteiger partial charge < -0.3 is 0 Å². The topological polar surface area (TPSA) is 38.1 Å². The van der Waals surface area contributed by atoms with Gasteiger partial charge in [0.05, 0.1) is 6.20 Å². The van der Waals surface area contributed by atoms with Crippen molar-refractivity contribution < 1.29 is 13.6 Å². The first kappa shape index (κ1) is 12.6. The zero-order chi connectivity index (χ0) is 13.6. The van der Waals surface area contributed by atoms with Crippen LogP contribution in [0.2, 0.25) is 0 Å². The van der Waals surface area contributed by atoms with E-state index in [9.17, 15) is 13.6 Å². The summed E-state index contributed by atoms with van der Waals surface area (Å²) in [5.41, 5.74) is 1.03. The van der Waals surface area contributed by atoms with E-state index in [2.05, 4.69) is 5.10 Å². The molecule has 0 N–H and O–H groups in total. The smallest absolute Gasteiger partial charge is 0.248 e. The standard InChI is InChI=1S/C13H17F2N3O/c1-17-11-10(8-16-17)3-2-6-18(11)12(19)9-4-5-13(14,15)7-9/h8-9H,2-7H2,1H3. The van der Waals surface area contributed by atoms with Crippen LogP contribution in [-0.4, -0.2) is 28.2 Å². The number of aryl methyl sites for hydroxylation is 2. The van der Waals surface area contributed by atoms with Crippen LogP contribution in [0.15, 0.2) is 6.20 Å². The maximum Gasteiger partial charge on any atom is 0.248 e. The third-order valence-corrected chi connectivity index (χ3v) is 4.08. The van der Waals surface area contributed by atoms with Crippen LogP contribution in [0, 0.1) is 5.92 Å². The van der Waals surface area contributed by atoms with Gasteiger partial charge in [0.25, 0.3) is 0 Å². The number of halogens is 2. The second kappa shape index (κ2) is 4.28. The summed E-state index contributed by atoms with van der Waals surface area (Å²) in [6.45, 7) is 0.605. The summed E-state index contributed by atoms with van der Waals surface area (Å²) in [6.07, 6.45) is 3.33. The minimum Gasteiger partial charge on any atom is -0.297 e. The molecule has 1 aromatic heterocycles. The molecule has 1 aliphatic heterocycles. The number of carbonyl (C=O) groups excluding carboxylic acids is 1. The van der Waals surface area contributed by atoms with Gasteiger partial charge in [-0.1, -0.05) is 0 Å². The van der Waals surface area contributed by atoms with Crippen molar-refractivity contribution in [1.29, 1.82) is 0 Å². The molecule has 1 amide bonds. The van der Waals surface area contributed by atoms with E-state index in [0.29, 0.717) is 6.54 Å². The molecule has 0 bridgehead atoms. The van der Waals surface area contributed by atoms with Crippen molar-refractivity contribution in [3.63, 3.8) is 0 Å². The highest BCUT2D eigenvalue weighted by molar-refractivity contribution is 5.95. The van der Waals surface area contributed by atoms with E-state index in [1.807, 2.05) is 0 Å². The van der Waals surface area contributed by atoms with Crippen molar-refractivity contribution in [2.24, 2.45) is 13.0 Å². The molecule has 1 saturated carbocycles. The van der Waals surface area contributed by atoms with Gasteiger partial charge in [-0.3, -0.25) is 14.4 Å². The molecule has 6 heteroatoms. The molecule has 19 heavy (non-hydrogen) atoms. The number of fused-ring (bicyclic) bond motifs is 1. The molecule has 1 aromatic rings. The second-order valence-corrected chi connectivity index (χ2v) is 5.51. The average molecular weight is 269 g/mol. The minimum atomic E-state index is -2.68. The molecule has 3 rings (SSSR count). The van der Waals surface area contributed by atoms with E-state index in [0.717, 1.165) is 24.2 Å². The van der Waals surface area contributed by atoms with Crippen molar-refractivity contribution in [3.8, 4) is 0 Å². The molecule has 0 aromatic carbocycles. The Balaban J connectivity index is 1.84. The fourth-order valence-electron chi connectivity index (χ4n) is 3.13. The Kier molecular flexibility index (Phi) is 2.83. The number of aromatic nitrogens is 2. The number of nitrogens with zero attached hydrogens (tertiary/aromatic N) is 3. The molecule has 0 spiro atoms. The van der Waals surface area contributed by atoms with Crippen LogP contribution in [0.1, 0.15) is 31.2 Å². The monoisotopic (exact) mass is 269 g/mol. The van der Waals surface area contributed by atoms with Gasteiger partial charge >= 0.3 is 0 Å². The Morgan fingerprint density at radius 1 is 1.53 bits per heavy atom. The van der Waals surface area contributed by atoms with Gasteiger partial charge in [-0.2, -0.15) is 5.10 Å². The lowest BCUT2D eigenvalue weighted by molar-refractivity contribution is -0.123. The van der Waals surface area contributed by atoms with Gasteiger partial charge in [-0.15, -0.1) is 0 Å². The zero-order valence-electron chi connectivity index (χ0n) is 10.9. The first-order chi connectivity index (χ1) is 8.98. The normalized spacial score (nSPS) is 25.4. The number of alkyl halides is 2. The predicted octanol–water partition coefficient (Wildman–Crippen LogP) is 2.13. The minimum absolute atomic E-state index is 0.165. The number of amides is 1. The van der Waals surface area contributed by atoms with E-state index in [4.69, 9.17) is 0 Å². The van der Waals surface area contributed by atoms with Crippen LogP contribution < -0.4 is 4.90 Å². The molecule has 1 fully saturated rings. The number of hydrogen-bond acceptors (Lipinski definition) is 2. The third kappa shape index (κ3) is 2.13. The van der Waals surface area contributed by atoms with Crippen molar-refractivity contribution >= 4 is 11.7 Å². The Morgan fingerprint density at radius 3 is 3.00 bits per heavy atom. The summed E-state index contributed by atoms with van der Waals surface area (Å²) in [5.74, 6) is -2.60. The molecule has 2 aliphatic rings. The highest BCUT2D eigenvalue weighted by Crippen LogP contribution is 2.40. The summed E-state index contributed by atoms with van der Waals surface area (Å²) < 4.78 is 28.2. The van der Waals surface area contributed by atoms with Crippen LogP contribution in [0.4, 0.5) is 14.6 Å². The molecule has 4 nitrogen and oxygen atoms in total. The SMILES string of the molecule is Cn1ncc2c1N(C(=O)C1CCC(F)(F)C1)CCC2. The van der Waals surface area contributed by atoms with Crippen LogP contribution in [0.5, 0.6) is 0 Å². The molecule has 104 valence electrons. The van der Waals surface area contributed by atoms with Gasteiger partial charge in [0.2, 0.25) is 11.8 Å². The number of anilines is 1. The maximum atomic E-state index is 13.2. The van der Waals surface area contributed by atoms with Gasteiger partial charge in [-0.05, 0) is 19.3 Å². The van der Waals surface area contributed by atoms with Gasteiger partial charge in [0.15, 0.2) is 0 Å². The first-order valence-electron chi connectivity index (χ1n) is 6.68. The Labute approximate surface area is 110 Å². The Hall–Kier alpha value is -1.46. The van der Waals surface area contributed by atoms with E-state index in [1.165, 1.54) is 0 Å². The molecule has 0 radical (unpaired) electrons. The quantitative estimate of drug-likeness (QED) is 0.783. The molecule has 1 unspecified atom stereocenters. The van der Waals surface area contributed by atoms with Gasteiger partial charge in [0.1, 0.15) is 5.82 Å². The fraction of sp³-hybridized carbons (Fsp3) is 0.692. The van der Waals surface area contributed by atoms with Crippen molar-refractivity contribution in [2.45, 2.75) is 38.0 Å². The maximum absolute atomic E-state index is 13.2. The van der Waals surface area contributed by atoms with Crippen LogP contribution in [0.3, 0.4) is 0 Å². The lowest BCUT2D eigenvalue weighted by Gasteiger charge is -2.29. The fourth-order valence-corrected chi connectivity index (χ4v) is 3.13. The van der Waals surface area contributed by atoms with E-state index < -0.39 is 11.8 Å². The van der Waals surface area contributed by atoms with Crippen LogP contribution in [0.25, 0.3) is 0 Å². The number of rotatable bonds is 1. The summed E-state index contributed by atoms with van der Waals surface area (Å²) in [4.78, 5) is 14.1. The van der Waals surface area contributed by atoms with E-state index in [-0.39, 0.29) is 25.2 Å². The van der Waals surface area contributed by atoms with Gasteiger partial charge in [-0.25, -0.2) is 8.78 Å². The highest BCUT2D eigenvalue weighted by Gasteiger charge is 2.44. The van der Waals surface area contributed by atoms with Gasteiger partial charge in [0, 0.05) is 37.9 Å². The summed E-state index contributed by atoms with van der Waals surface area (Å²) in [6, 6.07) is 0. The van der Waals surface area contributed by atoms with Crippen molar-refractivity contribution in [2.75, 3.05) is 11.4 Å². The summed E-state index contributed by atoms with van der Waals surface area (Å²) >= 11 is 0. The zero-order valence-corrected chi connectivity index (χ0v) is 10.9. The van der Waals surface area contributed by atoms with Crippen LogP contribution in [-0.2, 0) is 18.3 Å².